The van der Waals surface area contributed by atoms with E-state index in [0.717, 1.165) is 15.6 Å². The van der Waals surface area contributed by atoms with Crippen molar-refractivity contribution in [2.45, 2.75) is 19.1 Å². The van der Waals surface area contributed by atoms with E-state index in [1.807, 2.05) is 25.1 Å². The fourth-order valence-electron chi connectivity index (χ4n) is 1.81. The maximum atomic E-state index is 12.6. The van der Waals surface area contributed by atoms with Crippen LogP contribution in [0.1, 0.15) is 27.1 Å². The maximum absolute atomic E-state index is 12.6. The monoisotopic (exact) mass is 364 g/mol. The second kappa shape index (κ2) is 5.83. The molecule has 2 nitrogen and oxygen atoms in total. The molecule has 7 heteroatoms. The van der Waals surface area contributed by atoms with Crippen molar-refractivity contribution in [3.05, 3.63) is 49.9 Å². The lowest BCUT2D eigenvalue weighted by Crippen LogP contribution is -2.16. The molecule has 0 aliphatic carbocycles. The van der Waals surface area contributed by atoms with Crippen molar-refractivity contribution in [2.75, 3.05) is 7.05 Å². The molecule has 0 aliphatic heterocycles. The van der Waals surface area contributed by atoms with Gasteiger partial charge in [0.05, 0.1) is 6.04 Å². The van der Waals surface area contributed by atoms with Gasteiger partial charge < -0.3 is 5.32 Å². The van der Waals surface area contributed by atoms with Crippen LogP contribution in [0, 0.1) is 6.92 Å². The van der Waals surface area contributed by atoms with Crippen molar-refractivity contribution in [3.63, 3.8) is 0 Å². The molecule has 2 aromatic rings. The van der Waals surface area contributed by atoms with Crippen molar-refractivity contribution in [1.29, 1.82) is 0 Å². The first-order valence-electron chi connectivity index (χ1n) is 5.79. The summed E-state index contributed by atoms with van der Waals surface area (Å²) in [4.78, 5) is 4.00. The van der Waals surface area contributed by atoms with Crippen LogP contribution in [0.4, 0.5) is 13.2 Å². The van der Waals surface area contributed by atoms with Gasteiger partial charge in [0.15, 0.2) is 5.01 Å². The van der Waals surface area contributed by atoms with Crippen LogP contribution in [0.2, 0.25) is 0 Å². The van der Waals surface area contributed by atoms with Gasteiger partial charge in [-0.05, 0) is 31.2 Å². The molecule has 108 valence electrons. The molecular formula is C13H12BrF3N2S. The van der Waals surface area contributed by atoms with Crippen molar-refractivity contribution in [1.82, 2.24) is 10.3 Å². The Labute approximate surface area is 127 Å². The quantitative estimate of drug-likeness (QED) is 0.864. The molecule has 0 fully saturated rings. The van der Waals surface area contributed by atoms with E-state index in [9.17, 15) is 13.2 Å². The number of hydrogen-bond acceptors (Lipinski definition) is 3. The van der Waals surface area contributed by atoms with E-state index in [2.05, 4.69) is 26.2 Å². The third-order valence-corrected chi connectivity index (χ3v) is 4.83. The van der Waals surface area contributed by atoms with Gasteiger partial charge in [-0.1, -0.05) is 28.1 Å². The Balaban J connectivity index is 2.37. The lowest BCUT2D eigenvalue weighted by atomic mass is 10.0. The highest BCUT2D eigenvalue weighted by atomic mass is 79.9. The molecule has 1 atom stereocenters. The van der Waals surface area contributed by atoms with Crippen molar-refractivity contribution >= 4 is 27.3 Å². The molecule has 0 radical (unpaired) electrons. The van der Waals surface area contributed by atoms with Crippen LogP contribution in [0.5, 0.6) is 0 Å². The fraction of sp³-hybridized carbons (Fsp3) is 0.308. The minimum absolute atomic E-state index is 0.305. The highest BCUT2D eigenvalue weighted by Crippen LogP contribution is 2.36. The van der Waals surface area contributed by atoms with Crippen LogP contribution in [-0.2, 0) is 6.18 Å². The topological polar surface area (TPSA) is 24.9 Å². The first-order chi connectivity index (χ1) is 9.32. The van der Waals surface area contributed by atoms with Gasteiger partial charge in [-0.2, -0.15) is 13.2 Å². The molecule has 1 N–H and O–H groups in total. The van der Waals surface area contributed by atoms with E-state index < -0.39 is 11.2 Å². The highest BCUT2D eigenvalue weighted by Gasteiger charge is 2.35. The molecule has 0 aliphatic rings. The Bertz CT molecular complexity index is 610. The molecule has 1 unspecified atom stereocenters. The van der Waals surface area contributed by atoms with Gasteiger partial charge in [0.1, 0.15) is 0 Å². The SMILES string of the molecule is CNC(c1ccc(C)c(Br)c1)c1cnc(C(F)(F)F)s1. The molecular weight excluding hydrogens is 353 g/mol. The molecule has 0 bridgehead atoms. The molecule has 2 rings (SSSR count). The number of hydrogen-bond donors (Lipinski definition) is 1. The lowest BCUT2D eigenvalue weighted by Gasteiger charge is -2.15. The number of alkyl halides is 3. The van der Waals surface area contributed by atoms with Crippen LogP contribution in [0.3, 0.4) is 0 Å². The summed E-state index contributed by atoms with van der Waals surface area (Å²) in [6, 6.07) is 5.42. The lowest BCUT2D eigenvalue weighted by molar-refractivity contribution is -0.137. The van der Waals surface area contributed by atoms with Crippen LogP contribution in [0.15, 0.2) is 28.9 Å². The largest absolute Gasteiger partial charge is 0.443 e. The van der Waals surface area contributed by atoms with E-state index in [1.54, 1.807) is 7.05 Å². The summed E-state index contributed by atoms with van der Waals surface area (Å²) in [5, 5.41) is 2.21. The second-order valence-corrected chi connectivity index (χ2v) is 6.21. The van der Waals surface area contributed by atoms with E-state index in [-0.39, 0.29) is 6.04 Å². The van der Waals surface area contributed by atoms with Crippen LogP contribution in [0.25, 0.3) is 0 Å². The van der Waals surface area contributed by atoms with Gasteiger partial charge in [-0.25, -0.2) is 4.98 Å². The predicted octanol–water partition coefficient (Wildman–Crippen LogP) is 4.54. The summed E-state index contributed by atoms with van der Waals surface area (Å²) < 4.78 is 38.8. The van der Waals surface area contributed by atoms with Gasteiger partial charge in [0, 0.05) is 15.5 Å². The molecule has 0 saturated heterocycles. The summed E-state index contributed by atoms with van der Waals surface area (Å²) in [7, 11) is 1.71. The summed E-state index contributed by atoms with van der Waals surface area (Å²) in [5.74, 6) is 0. The zero-order chi connectivity index (χ0) is 14.9. The van der Waals surface area contributed by atoms with E-state index in [0.29, 0.717) is 16.2 Å². The molecule has 20 heavy (non-hydrogen) atoms. The number of benzene rings is 1. The average molecular weight is 365 g/mol. The number of thiazole rings is 1. The summed E-state index contributed by atoms with van der Waals surface area (Å²) >= 11 is 4.10. The van der Waals surface area contributed by atoms with Gasteiger partial charge in [0.2, 0.25) is 0 Å². The smallest absolute Gasteiger partial charge is 0.309 e. The summed E-state index contributed by atoms with van der Waals surface area (Å²) in [6.45, 7) is 1.96. The number of aryl methyl sites for hydroxylation is 1. The number of nitrogens with zero attached hydrogens (tertiary/aromatic N) is 1. The number of nitrogens with one attached hydrogen (secondary N) is 1. The molecule has 1 heterocycles. The Hall–Kier alpha value is -0.920. The van der Waals surface area contributed by atoms with Gasteiger partial charge in [-0.3, -0.25) is 0 Å². The average Bonchev–Trinajstić information content (AvgIpc) is 2.84. The van der Waals surface area contributed by atoms with Gasteiger partial charge >= 0.3 is 6.18 Å². The minimum atomic E-state index is -4.39. The standard InChI is InChI=1S/C13H12BrF3N2S/c1-7-3-4-8(5-9(7)14)11(18-2)10-6-19-12(20-10)13(15,16)17/h3-6,11,18H,1-2H3. The summed E-state index contributed by atoms with van der Waals surface area (Å²) in [6.07, 6.45) is -3.11. The van der Waals surface area contributed by atoms with Crippen molar-refractivity contribution < 1.29 is 13.2 Å². The zero-order valence-electron chi connectivity index (χ0n) is 10.8. The first kappa shape index (κ1) is 15.5. The molecule has 0 saturated carbocycles. The summed E-state index contributed by atoms with van der Waals surface area (Å²) in [5.41, 5.74) is 1.96. The van der Waals surface area contributed by atoms with Gasteiger partial charge in [-0.15, -0.1) is 11.3 Å². The van der Waals surface area contributed by atoms with Crippen molar-refractivity contribution in [2.24, 2.45) is 0 Å². The number of halogens is 4. The fourth-order valence-corrected chi connectivity index (χ4v) is 3.13. The van der Waals surface area contributed by atoms with E-state index >= 15 is 0 Å². The third-order valence-electron chi connectivity index (χ3n) is 2.87. The van der Waals surface area contributed by atoms with E-state index in [1.165, 1.54) is 6.20 Å². The number of aromatic nitrogens is 1. The Morgan fingerprint density at radius 2 is 2.05 bits per heavy atom. The van der Waals surface area contributed by atoms with Crippen LogP contribution < -0.4 is 5.32 Å². The molecule has 0 amide bonds. The predicted molar refractivity (Wildman–Crippen MR) is 76.9 cm³/mol. The number of rotatable bonds is 3. The normalized spacial score (nSPS) is 13.5. The minimum Gasteiger partial charge on any atom is -0.309 e. The Morgan fingerprint density at radius 3 is 2.55 bits per heavy atom. The molecule has 0 spiro atoms. The zero-order valence-corrected chi connectivity index (χ0v) is 13.2. The second-order valence-electron chi connectivity index (χ2n) is 4.30. The van der Waals surface area contributed by atoms with Gasteiger partial charge in [0.25, 0.3) is 0 Å². The van der Waals surface area contributed by atoms with Crippen LogP contribution in [-0.4, -0.2) is 12.0 Å². The third kappa shape index (κ3) is 3.21. The highest BCUT2D eigenvalue weighted by molar-refractivity contribution is 9.10. The first-order valence-corrected chi connectivity index (χ1v) is 7.40. The molecule has 1 aromatic carbocycles. The molecule has 1 aromatic heterocycles. The van der Waals surface area contributed by atoms with Crippen molar-refractivity contribution in [3.8, 4) is 0 Å². The van der Waals surface area contributed by atoms with E-state index in [4.69, 9.17) is 0 Å². The maximum Gasteiger partial charge on any atom is 0.443 e. The van der Waals surface area contributed by atoms with Crippen LogP contribution >= 0.6 is 27.3 Å². The Kier molecular flexibility index (Phi) is 4.51. The Morgan fingerprint density at radius 1 is 1.35 bits per heavy atom.